The van der Waals surface area contributed by atoms with Crippen molar-refractivity contribution in [3.8, 4) is 0 Å². The van der Waals surface area contributed by atoms with E-state index in [9.17, 15) is 14.4 Å². The maximum atomic E-state index is 9.76. The first-order valence-electron chi connectivity index (χ1n) is 7.42. The van der Waals surface area contributed by atoms with E-state index in [1.807, 2.05) is 0 Å². The van der Waals surface area contributed by atoms with Crippen molar-refractivity contribution in [2.24, 2.45) is 0 Å². The second-order valence-corrected chi connectivity index (χ2v) is 6.99. The summed E-state index contributed by atoms with van der Waals surface area (Å²) >= 11 is 11.6. The minimum atomic E-state index is -0.789. The molecule has 9 nitrogen and oxygen atoms in total. The number of carbonyl (C=O) groups is 3. The fourth-order valence-electron chi connectivity index (χ4n) is 0.758. The quantitative estimate of drug-likeness (QED) is 0.266. The smallest absolute Gasteiger partial charge is 0.304 e. The highest BCUT2D eigenvalue weighted by Crippen LogP contribution is 1.97. The summed E-state index contributed by atoms with van der Waals surface area (Å²) in [5.41, 5.74) is 0. The predicted molar refractivity (Wildman–Crippen MR) is 117 cm³/mol. The number of hydrogen-bond acceptors (Lipinski definition) is 9. The highest BCUT2D eigenvalue weighted by Gasteiger charge is 2.00. The van der Waals surface area contributed by atoms with E-state index >= 15 is 0 Å². The summed E-state index contributed by atoms with van der Waals surface area (Å²) in [6.45, 7) is 5.24. The molecule has 0 aliphatic carbocycles. The van der Waals surface area contributed by atoms with Gasteiger partial charge in [0, 0.05) is 37.1 Å². The molecule has 0 amide bonds. The van der Waals surface area contributed by atoms with Gasteiger partial charge in [-0.05, 0) is 0 Å². The Morgan fingerprint density at radius 2 is 0.667 bits per heavy atom. The van der Waals surface area contributed by atoms with Crippen molar-refractivity contribution < 1.29 is 45.0 Å². The first kappa shape index (κ1) is 40.9. The molecular formula is C15H36O9S3. The molecule has 27 heavy (non-hydrogen) atoms. The van der Waals surface area contributed by atoms with E-state index in [1.165, 1.54) is 0 Å². The van der Waals surface area contributed by atoms with Gasteiger partial charge in [0.15, 0.2) is 0 Å². The lowest BCUT2D eigenvalue weighted by Crippen LogP contribution is -2.01. The lowest BCUT2D eigenvalue weighted by Gasteiger charge is -1.93. The van der Waals surface area contributed by atoms with Crippen molar-refractivity contribution in [3.05, 3.63) is 0 Å². The van der Waals surface area contributed by atoms with E-state index in [1.54, 1.807) is 20.8 Å². The number of carboxylic acid groups (broad SMARTS) is 3. The second-order valence-electron chi connectivity index (χ2n) is 4.34. The van der Waals surface area contributed by atoms with Gasteiger partial charge in [-0.1, -0.05) is 20.8 Å². The molecule has 168 valence electrons. The SMILES string of the molecule is CC(S)CC(=O)O.CC(S)CC(=O)O.CC(S)CC(=O)O.CO.CO.CO. The van der Waals surface area contributed by atoms with Gasteiger partial charge < -0.3 is 30.6 Å². The summed E-state index contributed by atoms with van der Waals surface area (Å²) in [6.07, 6.45) is 0.426. The molecule has 0 aromatic rings. The molecule has 0 rings (SSSR count). The molecule has 0 aromatic carbocycles. The van der Waals surface area contributed by atoms with E-state index in [4.69, 9.17) is 30.6 Å². The Balaban J connectivity index is -0.0000000535. The maximum Gasteiger partial charge on any atom is 0.304 e. The summed E-state index contributed by atoms with van der Waals surface area (Å²) in [6, 6.07) is 0. The Morgan fingerprint density at radius 3 is 0.667 bits per heavy atom. The van der Waals surface area contributed by atoms with E-state index < -0.39 is 17.9 Å². The zero-order valence-corrected chi connectivity index (χ0v) is 19.3. The monoisotopic (exact) mass is 456 g/mol. The summed E-state index contributed by atoms with van der Waals surface area (Å²) in [7, 11) is 3.00. The van der Waals surface area contributed by atoms with Crippen LogP contribution in [0, 0.1) is 0 Å². The van der Waals surface area contributed by atoms with Gasteiger partial charge in [-0.15, -0.1) is 0 Å². The standard InChI is InChI=1S/3C4H8O2S.3CH4O/c3*1-3(7)2-4(5)6;3*1-2/h3*3,7H,2H2,1H3,(H,5,6);3*2H,1H3. The molecule has 0 aliphatic heterocycles. The molecule has 0 bridgehead atoms. The third-order valence-electron chi connectivity index (χ3n) is 1.41. The topological polar surface area (TPSA) is 173 Å². The summed E-state index contributed by atoms with van der Waals surface area (Å²) in [4.78, 5) is 29.3. The Hall–Kier alpha value is -0.660. The fourth-order valence-corrected chi connectivity index (χ4v) is 1.23. The van der Waals surface area contributed by atoms with E-state index in [-0.39, 0.29) is 35.0 Å². The van der Waals surface area contributed by atoms with E-state index in [0.29, 0.717) is 0 Å². The van der Waals surface area contributed by atoms with Gasteiger partial charge in [-0.2, -0.15) is 37.9 Å². The molecule has 6 N–H and O–H groups in total. The van der Waals surface area contributed by atoms with Crippen molar-refractivity contribution >= 4 is 55.8 Å². The molecule has 0 radical (unpaired) electrons. The lowest BCUT2D eigenvalue weighted by molar-refractivity contribution is -0.137. The summed E-state index contributed by atoms with van der Waals surface area (Å²) < 4.78 is 0. The molecule has 0 saturated carbocycles. The Bertz CT molecular complexity index is 265. The molecule has 0 spiro atoms. The zero-order valence-electron chi connectivity index (χ0n) is 16.6. The van der Waals surface area contributed by atoms with E-state index in [2.05, 4.69) is 37.9 Å². The van der Waals surface area contributed by atoms with Crippen LogP contribution in [0.15, 0.2) is 0 Å². The Morgan fingerprint density at radius 1 is 0.556 bits per heavy atom. The van der Waals surface area contributed by atoms with E-state index in [0.717, 1.165) is 21.3 Å². The number of carboxylic acids is 3. The Kier molecular flexibility index (Phi) is 54.9. The third-order valence-corrected chi connectivity index (χ3v) is 1.96. The molecule has 0 heterocycles. The summed E-state index contributed by atoms with van der Waals surface area (Å²) in [5.74, 6) is -2.37. The average Bonchev–Trinajstić information content (AvgIpc) is 2.50. The van der Waals surface area contributed by atoms with Crippen molar-refractivity contribution in [1.29, 1.82) is 0 Å². The van der Waals surface area contributed by atoms with Crippen LogP contribution in [-0.4, -0.2) is 85.6 Å². The van der Waals surface area contributed by atoms with Crippen LogP contribution >= 0.6 is 37.9 Å². The summed E-state index contributed by atoms with van der Waals surface area (Å²) in [5, 5.41) is 45.0. The van der Waals surface area contributed by atoms with Gasteiger partial charge in [-0.3, -0.25) is 14.4 Å². The van der Waals surface area contributed by atoms with Crippen LogP contribution in [0.3, 0.4) is 0 Å². The van der Waals surface area contributed by atoms with Gasteiger partial charge in [0.2, 0.25) is 0 Å². The van der Waals surface area contributed by atoms with Crippen LogP contribution < -0.4 is 0 Å². The lowest BCUT2D eigenvalue weighted by atomic mass is 10.3. The fraction of sp³-hybridized carbons (Fsp3) is 0.800. The first-order chi connectivity index (χ1) is 12.4. The second kappa shape index (κ2) is 36.3. The molecule has 3 atom stereocenters. The van der Waals surface area contributed by atoms with Gasteiger partial charge in [-0.25, -0.2) is 0 Å². The highest BCUT2D eigenvalue weighted by atomic mass is 32.1. The highest BCUT2D eigenvalue weighted by molar-refractivity contribution is 7.81. The molecule has 3 unspecified atom stereocenters. The normalized spacial score (nSPS) is 11.1. The zero-order chi connectivity index (χ0) is 23.6. The van der Waals surface area contributed by atoms with Crippen LogP contribution in [0.1, 0.15) is 40.0 Å². The van der Waals surface area contributed by atoms with Crippen LogP contribution in [0.25, 0.3) is 0 Å². The van der Waals surface area contributed by atoms with Crippen LogP contribution in [0.5, 0.6) is 0 Å². The predicted octanol–water partition coefficient (Wildman–Crippen LogP) is 1.16. The molecule has 0 aromatic heterocycles. The molecule has 0 saturated heterocycles. The number of thiol groups is 3. The first-order valence-corrected chi connectivity index (χ1v) is 8.97. The minimum absolute atomic E-state index is 0.0301. The van der Waals surface area contributed by atoms with Crippen LogP contribution in [0.4, 0.5) is 0 Å². The van der Waals surface area contributed by atoms with Gasteiger partial charge in [0.25, 0.3) is 0 Å². The van der Waals surface area contributed by atoms with Gasteiger partial charge >= 0.3 is 17.9 Å². The Labute approximate surface area is 178 Å². The number of aliphatic carboxylic acids is 3. The van der Waals surface area contributed by atoms with Gasteiger partial charge in [0.1, 0.15) is 0 Å². The molecule has 0 fully saturated rings. The van der Waals surface area contributed by atoms with Gasteiger partial charge in [0.05, 0.1) is 19.3 Å². The molecular weight excluding hydrogens is 420 g/mol. The number of aliphatic hydroxyl groups excluding tert-OH is 3. The maximum absolute atomic E-state index is 9.76. The number of rotatable bonds is 6. The van der Waals surface area contributed by atoms with Crippen molar-refractivity contribution in [2.75, 3.05) is 21.3 Å². The average molecular weight is 457 g/mol. The number of aliphatic hydroxyl groups is 3. The van der Waals surface area contributed by atoms with Crippen LogP contribution in [-0.2, 0) is 14.4 Å². The molecule has 0 aliphatic rings. The minimum Gasteiger partial charge on any atom is -0.481 e. The largest absolute Gasteiger partial charge is 0.481 e. The van der Waals surface area contributed by atoms with Crippen molar-refractivity contribution in [3.63, 3.8) is 0 Å². The number of hydrogen-bond donors (Lipinski definition) is 9. The van der Waals surface area contributed by atoms with Crippen molar-refractivity contribution in [2.45, 2.75) is 55.8 Å². The van der Waals surface area contributed by atoms with Crippen LogP contribution in [0.2, 0.25) is 0 Å². The van der Waals surface area contributed by atoms with Crippen molar-refractivity contribution in [1.82, 2.24) is 0 Å². The molecule has 12 heteroatoms. The third kappa shape index (κ3) is 107.